The van der Waals surface area contributed by atoms with Gasteiger partial charge in [0.1, 0.15) is 0 Å². The zero-order valence-electron chi connectivity index (χ0n) is 14.2. The van der Waals surface area contributed by atoms with Gasteiger partial charge < -0.3 is 4.74 Å². The van der Waals surface area contributed by atoms with Gasteiger partial charge >= 0.3 is 0 Å². The summed E-state index contributed by atoms with van der Waals surface area (Å²) < 4.78 is 5.39. The highest BCUT2D eigenvalue weighted by Crippen LogP contribution is 2.35. The fourth-order valence-electron chi connectivity index (χ4n) is 3.59. The van der Waals surface area contributed by atoms with Crippen molar-refractivity contribution < 1.29 is 4.74 Å². The number of ether oxygens (including phenoxy) is 1. The minimum Gasteiger partial charge on any atom is -0.382 e. The average molecular weight is 330 g/mol. The summed E-state index contributed by atoms with van der Waals surface area (Å²) in [6, 6.07) is 0.414. The fourth-order valence-corrected chi connectivity index (χ4v) is 4.25. The first-order valence-electron chi connectivity index (χ1n) is 8.36. The van der Waals surface area contributed by atoms with Gasteiger partial charge in [-0.05, 0) is 30.9 Å². The Hall–Kier alpha value is -1.26. The summed E-state index contributed by atoms with van der Waals surface area (Å²) in [7, 11) is 1.78. The van der Waals surface area contributed by atoms with Crippen LogP contribution in [0.1, 0.15) is 19.8 Å². The number of thioether (sulfide) groups is 1. The molecule has 3 nitrogen and oxygen atoms in total. The van der Waals surface area contributed by atoms with Gasteiger partial charge in [0.15, 0.2) is 0 Å². The van der Waals surface area contributed by atoms with Gasteiger partial charge in [-0.15, -0.1) is 11.8 Å². The van der Waals surface area contributed by atoms with E-state index in [2.05, 4.69) is 54.6 Å². The minimum absolute atomic E-state index is 0.310. The molecule has 1 heterocycles. The monoisotopic (exact) mass is 330 g/mol. The van der Waals surface area contributed by atoms with E-state index in [1.165, 1.54) is 29.0 Å². The largest absolute Gasteiger partial charge is 0.382 e. The molecule has 0 aromatic heterocycles. The number of hydrogen-bond acceptors (Lipinski definition) is 4. The van der Waals surface area contributed by atoms with Gasteiger partial charge in [-0.2, -0.15) is 5.10 Å². The molecule has 1 fully saturated rings. The van der Waals surface area contributed by atoms with E-state index in [0.29, 0.717) is 17.9 Å². The van der Waals surface area contributed by atoms with Crippen molar-refractivity contribution in [3.63, 3.8) is 0 Å². The number of nitrogens with zero attached hydrogens (tertiary/aromatic N) is 2. The Kier molecular flexibility index (Phi) is 5.44. The van der Waals surface area contributed by atoms with Crippen molar-refractivity contribution in [3.05, 3.63) is 46.9 Å². The lowest BCUT2D eigenvalue weighted by atomic mass is 9.89. The highest BCUT2D eigenvalue weighted by molar-refractivity contribution is 8.02. The molecule has 3 rings (SSSR count). The molecular formula is C19H26N2OS. The average Bonchev–Trinajstić information content (AvgIpc) is 3.26. The van der Waals surface area contributed by atoms with Gasteiger partial charge in [0, 0.05) is 25.5 Å². The highest BCUT2D eigenvalue weighted by atomic mass is 32.2. The number of hydrogen-bond donors (Lipinski definition) is 0. The quantitative estimate of drug-likeness (QED) is 0.688. The Labute approximate surface area is 143 Å². The van der Waals surface area contributed by atoms with Crippen molar-refractivity contribution in [1.29, 1.82) is 0 Å². The second kappa shape index (κ2) is 7.54. The third-order valence-electron chi connectivity index (χ3n) is 4.85. The molecule has 0 amide bonds. The maximum absolute atomic E-state index is 5.39. The molecular weight excluding hydrogens is 304 g/mol. The van der Waals surface area contributed by atoms with Crippen LogP contribution in [0.5, 0.6) is 0 Å². The summed E-state index contributed by atoms with van der Waals surface area (Å²) in [6.45, 7) is 4.00. The molecule has 23 heavy (non-hydrogen) atoms. The van der Waals surface area contributed by atoms with E-state index >= 15 is 0 Å². The van der Waals surface area contributed by atoms with E-state index in [1.807, 2.05) is 11.8 Å². The smallest absolute Gasteiger partial charge is 0.0704 e. The summed E-state index contributed by atoms with van der Waals surface area (Å²) >= 11 is 1.83. The molecule has 0 radical (unpaired) electrons. The lowest BCUT2D eigenvalue weighted by Crippen LogP contribution is -2.32. The van der Waals surface area contributed by atoms with Crippen LogP contribution in [0, 0.1) is 11.8 Å². The van der Waals surface area contributed by atoms with Gasteiger partial charge in [-0.25, -0.2) is 0 Å². The number of allylic oxidation sites excluding steroid dienone is 8. The van der Waals surface area contributed by atoms with Gasteiger partial charge in [0.2, 0.25) is 0 Å². The highest BCUT2D eigenvalue weighted by Gasteiger charge is 2.31. The van der Waals surface area contributed by atoms with Crippen LogP contribution < -0.4 is 0 Å². The first-order valence-corrected chi connectivity index (χ1v) is 9.58. The van der Waals surface area contributed by atoms with Crippen molar-refractivity contribution in [2.75, 3.05) is 26.5 Å². The van der Waals surface area contributed by atoms with Gasteiger partial charge in [0.25, 0.3) is 0 Å². The van der Waals surface area contributed by atoms with E-state index < -0.39 is 0 Å². The Morgan fingerprint density at radius 3 is 2.78 bits per heavy atom. The molecule has 124 valence electrons. The van der Waals surface area contributed by atoms with Crippen LogP contribution in [0.25, 0.3) is 0 Å². The summed E-state index contributed by atoms with van der Waals surface area (Å²) in [6.07, 6.45) is 17.8. The molecule has 1 aliphatic heterocycles. The first kappa shape index (κ1) is 16.6. The van der Waals surface area contributed by atoms with Gasteiger partial charge in [-0.1, -0.05) is 42.0 Å². The standard InChI is InChI=1S/C19H26N2OS/c1-14-7-4-9-16(14)19(17-10-5-11-18(17)23-3)20-21-12-6-8-15(21)13-22-2/h4-5,7,9-11,15-17H,6,8,12-13H2,1-3H3/b20-19-/t15-,16?,17?/m0/s1. The number of hydrazone groups is 1. The van der Waals surface area contributed by atoms with Crippen LogP contribution in [-0.4, -0.2) is 43.3 Å². The molecule has 4 heteroatoms. The third-order valence-corrected chi connectivity index (χ3v) is 5.71. The molecule has 2 unspecified atom stereocenters. The summed E-state index contributed by atoms with van der Waals surface area (Å²) in [5.41, 5.74) is 2.64. The molecule has 0 bridgehead atoms. The molecule has 0 N–H and O–H groups in total. The zero-order chi connectivity index (χ0) is 16.2. The lowest BCUT2D eigenvalue weighted by molar-refractivity contribution is 0.117. The predicted octanol–water partition coefficient (Wildman–Crippen LogP) is 4.02. The SMILES string of the molecule is COC[C@@H]1CCCN1/N=C(/C1C=CC=C1C)C1C=CC=C1SC. The van der Waals surface area contributed by atoms with E-state index in [0.717, 1.165) is 13.2 Å². The number of rotatable bonds is 6. The Balaban J connectivity index is 1.90. The van der Waals surface area contributed by atoms with Crippen LogP contribution in [0.3, 0.4) is 0 Å². The van der Waals surface area contributed by atoms with Crippen LogP contribution >= 0.6 is 11.8 Å². The second-order valence-corrected chi connectivity index (χ2v) is 7.23. The van der Waals surface area contributed by atoms with Gasteiger partial charge in [-0.3, -0.25) is 5.01 Å². The fraction of sp³-hybridized carbons (Fsp3) is 0.526. The van der Waals surface area contributed by atoms with Crippen LogP contribution in [0.15, 0.2) is 52.0 Å². The van der Waals surface area contributed by atoms with Crippen molar-refractivity contribution in [2.45, 2.75) is 25.8 Å². The van der Waals surface area contributed by atoms with Crippen molar-refractivity contribution in [1.82, 2.24) is 5.01 Å². The summed E-state index contributed by atoms with van der Waals surface area (Å²) in [4.78, 5) is 1.39. The summed E-state index contributed by atoms with van der Waals surface area (Å²) in [5, 5.41) is 7.43. The summed E-state index contributed by atoms with van der Waals surface area (Å²) in [5.74, 6) is 0.631. The Morgan fingerprint density at radius 1 is 1.30 bits per heavy atom. The van der Waals surface area contributed by atoms with E-state index in [9.17, 15) is 0 Å². The molecule has 0 saturated carbocycles. The third kappa shape index (κ3) is 3.48. The maximum Gasteiger partial charge on any atom is 0.0704 e. The molecule has 3 atom stereocenters. The van der Waals surface area contributed by atoms with Crippen molar-refractivity contribution >= 4 is 17.5 Å². The molecule has 0 aromatic carbocycles. The Bertz CT molecular complexity index is 588. The predicted molar refractivity (Wildman–Crippen MR) is 99.7 cm³/mol. The first-order chi connectivity index (χ1) is 11.2. The Morgan fingerprint density at radius 2 is 2.09 bits per heavy atom. The topological polar surface area (TPSA) is 24.8 Å². The lowest BCUT2D eigenvalue weighted by Gasteiger charge is -2.27. The van der Waals surface area contributed by atoms with Gasteiger partial charge in [0.05, 0.1) is 18.4 Å². The maximum atomic E-state index is 5.39. The van der Waals surface area contributed by atoms with Crippen LogP contribution in [0.2, 0.25) is 0 Å². The van der Waals surface area contributed by atoms with E-state index in [4.69, 9.17) is 9.84 Å². The van der Waals surface area contributed by atoms with E-state index in [1.54, 1.807) is 7.11 Å². The van der Waals surface area contributed by atoms with Crippen LogP contribution in [-0.2, 0) is 4.74 Å². The molecule has 0 spiro atoms. The zero-order valence-corrected chi connectivity index (χ0v) is 15.1. The molecule has 0 aromatic rings. The van der Waals surface area contributed by atoms with Crippen molar-refractivity contribution in [2.24, 2.45) is 16.9 Å². The molecule has 3 aliphatic rings. The number of methoxy groups -OCH3 is 1. The molecule has 1 saturated heterocycles. The van der Waals surface area contributed by atoms with Crippen LogP contribution in [0.4, 0.5) is 0 Å². The van der Waals surface area contributed by atoms with E-state index in [-0.39, 0.29) is 0 Å². The molecule has 2 aliphatic carbocycles. The second-order valence-electron chi connectivity index (χ2n) is 6.35. The minimum atomic E-state index is 0.310. The normalized spacial score (nSPS) is 30.3. The van der Waals surface area contributed by atoms with Crippen molar-refractivity contribution in [3.8, 4) is 0 Å².